The Balaban J connectivity index is 1.53. The van der Waals surface area contributed by atoms with Crippen molar-refractivity contribution in [1.29, 1.82) is 0 Å². The van der Waals surface area contributed by atoms with Gasteiger partial charge >= 0.3 is 0 Å². The summed E-state index contributed by atoms with van der Waals surface area (Å²) in [5, 5.41) is 0.526. The van der Waals surface area contributed by atoms with E-state index in [1.54, 1.807) is 23.1 Å². The first-order chi connectivity index (χ1) is 13.2. The van der Waals surface area contributed by atoms with Gasteiger partial charge in [-0.05, 0) is 48.7 Å². The molecule has 0 aliphatic carbocycles. The van der Waals surface area contributed by atoms with Gasteiger partial charge in [-0.15, -0.1) is 0 Å². The van der Waals surface area contributed by atoms with Crippen LogP contribution in [0.3, 0.4) is 0 Å². The fourth-order valence-electron chi connectivity index (χ4n) is 3.47. The number of carbonyl (C=O) groups excluding carboxylic acids is 1. The second-order valence-corrected chi connectivity index (χ2v) is 6.62. The van der Waals surface area contributed by atoms with Gasteiger partial charge in [0.25, 0.3) is 5.56 Å². The van der Waals surface area contributed by atoms with E-state index >= 15 is 0 Å². The van der Waals surface area contributed by atoms with Crippen molar-refractivity contribution in [2.24, 2.45) is 0 Å². The zero-order valence-electron chi connectivity index (χ0n) is 15.2. The lowest BCUT2D eigenvalue weighted by molar-refractivity contribution is -0.132. The molecule has 6 heteroatoms. The Labute approximate surface area is 157 Å². The first-order valence-electron chi connectivity index (χ1n) is 9.12. The molecule has 1 aliphatic rings. The van der Waals surface area contributed by atoms with Crippen molar-refractivity contribution in [3.05, 3.63) is 70.3 Å². The first-order valence-corrected chi connectivity index (χ1v) is 9.12. The van der Waals surface area contributed by atoms with E-state index in [-0.39, 0.29) is 18.0 Å². The van der Waals surface area contributed by atoms with Gasteiger partial charge in [-0.2, -0.15) is 0 Å². The highest BCUT2D eigenvalue weighted by Gasteiger charge is 2.22. The Morgan fingerprint density at radius 3 is 2.89 bits per heavy atom. The maximum Gasteiger partial charge on any atom is 0.261 e. The van der Waals surface area contributed by atoms with Crippen LogP contribution in [0, 0.1) is 0 Å². The van der Waals surface area contributed by atoms with Crippen LogP contribution in [0.25, 0.3) is 10.9 Å². The van der Waals surface area contributed by atoms with Crippen LogP contribution in [-0.2, 0) is 24.3 Å². The summed E-state index contributed by atoms with van der Waals surface area (Å²) >= 11 is 0. The molecule has 138 valence electrons. The molecule has 3 aromatic rings. The molecule has 0 unspecified atom stereocenters. The average molecular weight is 363 g/mol. The molecule has 4 rings (SSSR count). The van der Waals surface area contributed by atoms with Gasteiger partial charge in [-0.25, -0.2) is 4.98 Å². The Hall–Kier alpha value is -3.15. The van der Waals surface area contributed by atoms with Gasteiger partial charge in [0.2, 0.25) is 5.91 Å². The van der Waals surface area contributed by atoms with Crippen molar-refractivity contribution in [3.8, 4) is 5.75 Å². The van der Waals surface area contributed by atoms with E-state index in [1.165, 1.54) is 16.5 Å². The Morgan fingerprint density at radius 2 is 2.04 bits per heavy atom. The third-order valence-corrected chi connectivity index (χ3v) is 4.89. The summed E-state index contributed by atoms with van der Waals surface area (Å²) in [4.78, 5) is 31.5. The van der Waals surface area contributed by atoms with Gasteiger partial charge in [-0.3, -0.25) is 14.2 Å². The number of hydrogen-bond donors (Lipinski definition) is 0. The largest absolute Gasteiger partial charge is 0.494 e. The highest BCUT2D eigenvalue weighted by molar-refractivity contribution is 5.79. The summed E-state index contributed by atoms with van der Waals surface area (Å²) in [5.41, 5.74) is 2.79. The van der Waals surface area contributed by atoms with E-state index < -0.39 is 0 Å². The molecule has 0 bridgehead atoms. The Bertz CT molecular complexity index is 1060. The van der Waals surface area contributed by atoms with E-state index in [1.807, 2.05) is 25.1 Å². The van der Waals surface area contributed by atoms with Crippen LogP contribution in [-0.4, -0.2) is 33.5 Å². The number of benzene rings is 2. The fraction of sp³-hybridized carbons (Fsp3) is 0.286. The summed E-state index contributed by atoms with van der Waals surface area (Å²) < 4.78 is 6.95. The summed E-state index contributed by atoms with van der Waals surface area (Å²) in [6.45, 7) is 3.74. The summed E-state index contributed by atoms with van der Waals surface area (Å²) in [6.07, 6.45) is 2.26. The molecule has 0 fully saturated rings. The van der Waals surface area contributed by atoms with Crippen LogP contribution < -0.4 is 10.3 Å². The number of carbonyl (C=O) groups is 1. The minimum Gasteiger partial charge on any atom is -0.494 e. The smallest absolute Gasteiger partial charge is 0.261 e. The van der Waals surface area contributed by atoms with E-state index in [9.17, 15) is 9.59 Å². The number of ether oxygens (including phenoxy) is 1. The van der Waals surface area contributed by atoms with Gasteiger partial charge in [0.1, 0.15) is 12.3 Å². The highest BCUT2D eigenvalue weighted by Crippen LogP contribution is 2.24. The number of rotatable bonds is 4. The second kappa shape index (κ2) is 7.23. The van der Waals surface area contributed by atoms with Crippen molar-refractivity contribution < 1.29 is 9.53 Å². The van der Waals surface area contributed by atoms with Crippen LogP contribution >= 0.6 is 0 Å². The van der Waals surface area contributed by atoms with E-state index in [0.29, 0.717) is 30.6 Å². The molecule has 1 aliphatic heterocycles. The third-order valence-electron chi connectivity index (χ3n) is 4.89. The fourth-order valence-corrected chi connectivity index (χ4v) is 3.47. The van der Waals surface area contributed by atoms with E-state index in [2.05, 4.69) is 11.1 Å². The molecular weight excluding hydrogens is 342 g/mol. The maximum atomic E-state index is 12.8. The third kappa shape index (κ3) is 3.43. The van der Waals surface area contributed by atoms with Crippen molar-refractivity contribution in [1.82, 2.24) is 14.5 Å². The van der Waals surface area contributed by atoms with Crippen molar-refractivity contribution >= 4 is 16.8 Å². The molecule has 0 saturated heterocycles. The summed E-state index contributed by atoms with van der Waals surface area (Å²) in [5.74, 6) is 0.738. The number of para-hydroxylation sites is 1. The minimum absolute atomic E-state index is 0.00283. The number of hydrogen-bond acceptors (Lipinski definition) is 4. The highest BCUT2D eigenvalue weighted by atomic mass is 16.5. The van der Waals surface area contributed by atoms with Gasteiger partial charge < -0.3 is 9.64 Å². The van der Waals surface area contributed by atoms with Gasteiger partial charge in [0, 0.05) is 13.1 Å². The SMILES string of the molecule is CCOc1ccc2c(c1)CN(C(=O)Cn1cnc3ccccc3c1=O)CC2. The zero-order chi connectivity index (χ0) is 18.8. The predicted molar refractivity (Wildman–Crippen MR) is 103 cm³/mol. The maximum absolute atomic E-state index is 12.8. The summed E-state index contributed by atoms with van der Waals surface area (Å²) in [6, 6.07) is 13.2. The summed E-state index contributed by atoms with van der Waals surface area (Å²) in [7, 11) is 0. The molecule has 1 amide bonds. The van der Waals surface area contributed by atoms with Crippen LogP contribution in [0.15, 0.2) is 53.6 Å². The monoisotopic (exact) mass is 363 g/mol. The molecular formula is C21H21N3O3. The van der Waals surface area contributed by atoms with E-state index in [0.717, 1.165) is 17.7 Å². The molecule has 27 heavy (non-hydrogen) atoms. The molecule has 0 atom stereocenters. The number of fused-ring (bicyclic) bond motifs is 2. The Morgan fingerprint density at radius 1 is 1.19 bits per heavy atom. The number of nitrogens with zero attached hydrogens (tertiary/aromatic N) is 3. The molecule has 6 nitrogen and oxygen atoms in total. The van der Waals surface area contributed by atoms with Crippen molar-refractivity contribution in [2.75, 3.05) is 13.2 Å². The molecule has 0 spiro atoms. The zero-order valence-corrected chi connectivity index (χ0v) is 15.2. The van der Waals surface area contributed by atoms with Gasteiger partial charge in [-0.1, -0.05) is 18.2 Å². The van der Waals surface area contributed by atoms with Crippen LogP contribution in [0.4, 0.5) is 0 Å². The number of aromatic nitrogens is 2. The van der Waals surface area contributed by atoms with Crippen LogP contribution in [0.2, 0.25) is 0 Å². The normalized spacial score (nSPS) is 13.4. The van der Waals surface area contributed by atoms with E-state index in [4.69, 9.17) is 4.74 Å². The standard InChI is InChI=1S/C21H21N3O3/c1-2-27-17-8-7-15-9-10-23(12-16(15)11-17)20(25)13-24-14-22-19-6-4-3-5-18(19)21(24)26/h3-8,11,14H,2,9-10,12-13H2,1H3. The minimum atomic E-state index is -0.190. The Kier molecular flexibility index (Phi) is 4.62. The lowest BCUT2D eigenvalue weighted by atomic mass is 9.99. The lowest BCUT2D eigenvalue weighted by Crippen LogP contribution is -2.39. The second-order valence-electron chi connectivity index (χ2n) is 6.62. The molecule has 2 aromatic carbocycles. The topological polar surface area (TPSA) is 64.4 Å². The van der Waals surface area contributed by atoms with Crippen LogP contribution in [0.1, 0.15) is 18.1 Å². The predicted octanol–water partition coefficient (Wildman–Crippen LogP) is 2.38. The van der Waals surface area contributed by atoms with Crippen LogP contribution in [0.5, 0.6) is 5.75 Å². The molecule has 1 aromatic heterocycles. The van der Waals surface area contributed by atoms with Gasteiger partial charge in [0.05, 0.1) is 23.8 Å². The molecule has 0 radical (unpaired) electrons. The first kappa shape index (κ1) is 17.3. The molecule has 0 saturated carbocycles. The molecule has 2 heterocycles. The average Bonchev–Trinajstić information content (AvgIpc) is 2.70. The van der Waals surface area contributed by atoms with Crippen molar-refractivity contribution in [2.45, 2.75) is 26.4 Å². The quantitative estimate of drug-likeness (QED) is 0.714. The number of amides is 1. The van der Waals surface area contributed by atoms with Gasteiger partial charge in [0.15, 0.2) is 0 Å². The molecule has 0 N–H and O–H groups in total. The van der Waals surface area contributed by atoms with Crippen molar-refractivity contribution in [3.63, 3.8) is 0 Å². The lowest BCUT2D eigenvalue weighted by Gasteiger charge is -2.29.